The molecule has 0 heterocycles. The first kappa shape index (κ1) is 10.8. The van der Waals surface area contributed by atoms with Crippen LogP contribution < -0.4 is 10.2 Å². The number of rotatable bonds is 2. The van der Waals surface area contributed by atoms with Crippen LogP contribution in [0.25, 0.3) is 0 Å². The van der Waals surface area contributed by atoms with Crippen LogP contribution in [0.3, 0.4) is 0 Å². The van der Waals surface area contributed by atoms with Crippen molar-refractivity contribution in [2.45, 2.75) is 6.92 Å². The fourth-order valence-electron chi connectivity index (χ4n) is 0.903. The molecule has 1 aromatic rings. The number of ether oxygens (including phenoxy) is 1. The van der Waals surface area contributed by atoms with E-state index in [1.165, 1.54) is 0 Å². The molecule has 0 aliphatic heterocycles. The Morgan fingerprint density at radius 2 is 1.93 bits per heavy atom. The van der Waals surface area contributed by atoms with Gasteiger partial charge in [-0.1, -0.05) is 0 Å². The standard InChI is InChI=1S/C9H7NO5/c1-6(11)15-9-5-3-7(10(13)14)2-4-8(9)12/h2-5H,1H3. The highest BCUT2D eigenvalue weighted by atomic mass is 16.6. The van der Waals surface area contributed by atoms with E-state index < -0.39 is 16.3 Å². The third kappa shape index (κ3) is 2.87. The average Bonchev–Trinajstić information content (AvgIpc) is 2.29. The van der Waals surface area contributed by atoms with Gasteiger partial charge < -0.3 is 4.74 Å². The first-order valence-electron chi connectivity index (χ1n) is 3.98. The molecule has 15 heavy (non-hydrogen) atoms. The van der Waals surface area contributed by atoms with Crippen molar-refractivity contribution in [3.8, 4) is 5.75 Å². The average molecular weight is 209 g/mol. The van der Waals surface area contributed by atoms with Crippen LogP contribution >= 0.6 is 0 Å². The molecular formula is C9H7NO5. The van der Waals surface area contributed by atoms with Crippen LogP contribution in [0.2, 0.25) is 0 Å². The van der Waals surface area contributed by atoms with E-state index >= 15 is 0 Å². The lowest BCUT2D eigenvalue weighted by Crippen LogP contribution is -2.08. The number of nitrogens with zero attached hydrogens (tertiary/aromatic N) is 1. The molecule has 0 fully saturated rings. The van der Waals surface area contributed by atoms with Crippen molar-refractivity contribution in [2.75, 3.05) is 0 Å². The van der Waals surface area contributed by atoms with Crippen molar-refractivity contribution in [2.24, 2.45) is 0 Å². The second kappa shape index (κ2) is 4.32. The van der Waals surface area contributed by atoms with Crippen molar-refractivity contribution in [3.63, 3.8) is 0 Å². The molecule has 0 spiro atoms. The molecule has 0 saturated heterocycles. The SMILES string of the molecule is CC(=O)Oc1ccc([N+](=O)[O-])ccc1=O. The summed E-state index contributed by atoms with van der Waals surface area (Å²) in [7, 11) is 0. The number of hydrogen-bond donors (Lipinski definition) is 0. The van der Waals surface area contributed by atoms with E-state index in [1.807, 2.05) is 0 Å². The van der Waals surface area contributed by atoms with E-state index in [9.17, 15) is 19.7 Å². The van der Waals surface area contributed by atoms with Gasteiger partial charge in [-0.3, -0.25) is 19.7 Å². The minimum absolute atomic E-state index is 0.226. The van der Waals surface area contributed by atoms with Gasteiger partial charge in [0, 0.05) is 19.1 Å². The first-order chi connectivity index (χ1) is 7.00. The summed E-state index contributed by atoms with van der Waals surface area (Å²) in [5.41, 5.74) is -0.830. The zero-order valence-corrected chi connectivity index (χ0v) is 7.80. The summed E-state index contributed by atoms with van der Waals surface area (Å²) < 4.78 is 4.57. The Morgan fingerprint density at radius 3 is 2.47 bits per heavy atom. The molecule has 0 aromatic heterocycles. The van der Waals surface area contributed by atoms with Gasteiger partial charge in [0.1, 0.15) is 0 Å². The smallest absolute Gasteiger partial charge is 0.308 e. The summed E-state index contributed by atoms with van der Waals surface area (Å²) in [4.78, 5) is 31.6. The van der Waals surface area contributed by atoms with E-state index in [0.717, 1.165) is 31.2 Å². The normalized spacial score (nSPS) is 9.40. The van der Waals surface area contributed by atoms with Gasteiger partial charge in [0.05, 0.1) is 4.92 Å². The molecule has 0 N–H and O–H groups in total. The molecule has 0 saturated carbocycles. The van der Waals surface area contributed by atoms with Crippen molar-refractivity contribution >= 4 is 11.7 Å². The molecule has 0 aliphatic carbocycles. The third-order valence-electron chi connectivity index (χ3n) is 1.52. The number of carbonyl (C=O) groups is 1. The van der Waals surface area contributed by atoms with Gasteiger partial charge in [0.15, 0.2) is 5.75 Å². The summed E-state index contributed by atoms with van der Waals surface area (Å²) in [6, 6.07) is 4.23. The Balaban J connectivity index is 3.22. The Hall–Kier alpha value is -2.24. The highest BCUT2D eigenvalue weighted by Crippen LogP contribution is 2.10. The van der Waals surface area contributed by atoms with Gasteiger partial charge in [-0.15, -0.1) is 0 Å². The zero-order valence-electron chi connectivity index (χ0n) is 7.80. The Kier molecular flexibility index (Phi) is 3.12. The van der Waals surface area contributed by atoms with Crippen molar-refractivity contribution in [1.29, 1.82) is 0 Å². The molecule has 0 radical (unpaired) electrons. The van der Waals surface area contributed by atoms with Crippen molar-refractivity contribution in [1.82, 2.24) is 0 Å². The largest absolute Gasteiger partial charge is 0.423 e. The molecular weight excluding hydrogens is 202 g/mol. The Morgan fingerprint density at radius 1 is 1.33 bits per heavy atom. The molecule has 0 amide bonds. The molecule has 0 unspecified atom stereocenters. The summed E-state index contributed by atoms with van der Waals surface area (Å²) in [6.07, 6.45) is 0. The summed E-state index contributed by atoms with van der Waals surface area (Å²) >= 11 is 0. The molecule has 0 bridgehead atoms. The number of hydrogen-bond acceptors (Lipinski definition) is 5. The fraction of sp³-hybridized carbons (Fsp3) is 0.111. The molecule has 1 aromatic carbocycles. The van der Waals surface area contributed by atoms with Gasteiger partial charge >= 0.3 is 5.97 Å². The highest BCUT2D eigenvalue weighted by molar-refractivity contribution is 5.69. The van der Waals surface area contributed by atoms with Crippen LogP contribution in [0.4, 0.5) is 5.69 Å². The van der Waals surface area contributed by atoms with Gasteiger partial charge in [0.25, 0.3) is 5.69 Å². The third-order valence-corrected chi connectivity index (χ3v) is 1.52. The Labute approximate surface area is 84.3 Å². The van der Waals surface area contributed by atoms with E-state index in [0.29, 0.717) is 0 Å². The zero-order chi connectivity index (χ0) is 11.4. The quantitative estimate of drug-likeness (QED) is 0.410. The van der Waals surface area contributed by atoms with Crippen LogP contribution in [-0.2, 0) is 4.79 Å². The molecule has 78 valence electrons. The summed E-state index contributed by atoms with van der Waals surface area (Å²) in [6.45, 7) is 1.14. The number of esters is 1. The predicted molar refractivity (Wildman–Crippen MR) is 50.7 cm³/mol. The fourth-order valence-corrected chi connectivity index (χ4v) is 0.903. The molecule has 1 rings (SSSR count). The number of nitro groups is 1. The lowest BCUT2D eigenvalue weighted by Gasteiger charge is -1.94. The maximum absolute atomic E-state index is 11.2. The van der Waals surface area contributed by atoms with Crippen molar-refractivity contribution in [3.05, 3.63) is 44.6 Å². The van der Waals surface area contributed by atoms with Crippen molar-refractivity contribution < 1.29 is 14.5 Å². The van der Waals surface area contributed by atoms with E-state index in [1.54, 1.807) is 0 Å². The van der Waals surface area contributed by atoms with Crippen LogP contribution in [0.5, 0.6) is 5.75 Å². The molecule has 0 aliphatic rings. The minimum atomic E-state index is -0.652. The van der Waals surface area contributed by atoms with Gasteiger partial charge in [0.2, 0.25) is 5.43 Å². The number of carbonyl (C=O) groups excluding carboxylic acids is 1. The van der Waals surface area contributed by atoms with E-state index in [2.05, 4.69) is 4.74 Å². The van der Waals surface area contributed by atoms with E-state index in [4.69, 9.17) is 0 Å². The first-order valence-corrected chi connectivity index (χ1v) is 3.98. The summed E-state index contributed by atoms with van der Waals surface area (Å²) in [5, 5.41) is 10.4. The van der Waals surface area contributed by atoms with Gasteiger partial charge in [-0.25, -0.2) is 0 Å². The monoisotopic (exact) mass is 209 g/mol. The Bertz CT molecular complexity index is 468. The van der Waals surface area contributed by atoms with Gasteiger partial charge in [-0.05, 0) is 12.1 Å². The van der Waals surface area contributed by atoms with Crippen LogP contribution in [0.1, 0.15) is 6.92 Å². The molecule has 6 heteroatoms. The lowest BCUT2D eigenvalue weighted by atomic mass is 10.4. The lowest BCUT2D eigenvalue weighted by molar-refractivity contribution is -0.384. The van der Waals surface area contributed by atoms with E-state index in [-0.39, 0.29) is 11.4 Å². The van der Waals surface area contributed by atoms with Gasteiger partial charge in [-0.2, -0.15) is 0 Å². The predicted octanol–water partition coefficient (Wildman–Crippen LogP) is 0.880. The summed E-state index contributed by atoms with van der Waals surface area (Å²) in [5.74, 6) is -0.878. The highest BCUT2D eigenvalue weighted by Gasteiger charge is 2.06. The second-order valence-corrected chi connectivity index (χ2v) is 2.67. The van der Waals surface area contributed by atoms with Crippen LogP contribution in [-0.4, -0.2) is 10.9 Å². The second-order valence-electron chi connectivity index (χ2n) is 2.67. The van der Waals surface area contributed by atoms with Crippen LogP contribution in [0.15, 0.2) is 29.1 Å². The van der Waals surface area contributed by atoms with Crippen LogP contribution in [0, 0.1) is 10.1 Å². The maximum Gasteiger partial charge on any atom is 0.308 e. The molecule has 0 atom stereocenters. The minimum Gasteiger partial charge on any atom is -0.423 e. The maximum atomic E-state index is 11.2. The molecule has 6 nitrogen and oxygen atoms in total. The topological polar surface area (TPSA) is 86.5 Å².